The minimum absolute atomic E-state index is 0.0433. The highest BCUT2D eigenvalue weighted by Crippen LogP contribution is 2.28. The third kappa shape index (κ3) is 2.15. The van der Waals surface area contributed by atoms with Gasteiger partial charge < -0.3 is 10.3 Å². The fourth-order valence-electron chi connectivity index (χ4n) is 1.76. The molecule has 0 aliphatic rings. The molecule has 0 aliphatic heterocycles. The first-order valence-electron chi connectivity index (χ1n) is 5.43. The van der Waals surface area contributed by atoms with E-state index < -0.39 is 10.0 Å². The van der Waals surface area contributed by atoms with E-state index in [0.717, 1.165) is 0 Å². The molecule has 0 aliphatic carbocycles. The Morgan fingerprint density at radius 1 is 1.26 bits per heavy atom. The summed E-state index contributed by atoms with van der Waals surface area (Å²) in [6, 6.07) is 6.42. The van der Waals surface area contributed by atoms with Crippen molar-refractivity contribution in [1.29, 1.82) is 0 Å². The molecule has 1 aromatic carbocycles. The summed E-state index contributed by atoms with van der Waals surface area (Å²) in [4.78, 5) is -0.0433. The Hall–Kier alpha value is -2.06. The lowest BCUT2D eigenvalue weighted by Crippen LogP contribution is -2.38. The fraction of sp³-hybridized carbons (Fsp3) is 0.182. The summed E-state index contributed by atoms with van der Waals surface area (Å²) < 4.78 is 30.4. The molecule has 19 heavy (non-hydrogen) atoms. The number of aromatic nitrogens is 1. The first-order valence-corrected chi connectivity index (χ1v) is 6.87. The molecule has 0 saturated carbocycles. The lowest BCUT2D eigenvalue weighted by atomic mass is 10.3. The van der Waals surface area contributed by atoms with Crippen LogP contribution in [-0.2, 0) is 10.0 Å². The highest BCUT2D eigenvalue weighted by molar-refractivity contribution is 7.92. The molecule has 0 radical (unpaired) electrons. The molecule has 0 fully saturated rings. The molecule has 0 saturated heterocycles. The third-order valence-corrected chi connectivity index (χ3v) is 4.47. The van der Waals surface area contributed by atoms with Crippen molar-refractivity contribution < 1.29 is 12.9 Å². The van der Waals surface area contributed by atoms with Crippen LogP contribution in [0.25, 0.3) is 0 Å². The molecule has 0 amide bonds. The van der Waals surface area contributed by atoms with E-state index in [2.05, 4.69) is 5.16 Å². The van der Waals surface area contributed by atoms with Gasteiger partial charge in [-0.2, -0.15) is 12.8 Å². The number of anilines is 2. The number of nitrogen functional groups attached to an aromatic ring is 1. The number of hydrogen-bond acceptors (Lipinski definition) is 6. The van der Waals surface area contributed by atoms with E-state index in [4.69, 9.17) is 16.1 Å². The first-order chi connectivity index (χ1) is 8.85. The maximum atomic E-state index is 12.4. The molecule has 4 N–H and O–H groups in total. The van der Waals surface area contributed by atoms with Crippen LogP contribution in [0.1, 0.15) is 11.5 Å². The number of aryl methyl sites for hydroxylation is 2. The summed E-state index contributed by atoms with van der Waals surface area (Å²) in [5, 5.41) is 3.61. The largest absolute Gasteiger partial charge is 0.397 e. The van der Waals surface area contributed by atoms with Crippen molar-refractivity contribution in [2.24, 2.45) is 5.84 Å². The molecule has 0 spiro atoms. The van der Waals surface area contributed by atoms with E-state index in [1.165, 1.54) is 19.9 Å². The van der Waals surface area contributed by atoms with Crippen molar-refractivity contribution in [3.8, 4) is 0 Å². The van der Waals surface area contributed by atoms with Crippen molar-refractivity contribution in [1.82, 2.24) is 5.16 Å². The van der Waals surface area contributed by atoms with Crippen LogP contribution in [0.15, 0.2) is 33.7 Å². The second kappa shape index (κ2) is 4.56. The summed E-state index contributed by atoms with van der Waals surface area (Å²) in [7, 11) is -3.96. The number of benzene rings is 1. The van der Waals surface area contributed by atoms with Gasteiger partial charge in [0.15, 0.2) is 10.7 Å². The van der Waals surface area contributed by atoms with Crippen molar-refractivity contribution in [3.05, 3.63) is 35.7 Å². The highest BCUT2D eigenvalue weighted by atomic mass is 32.2. The number of hydrogen-bond donors (Lipinski definition) is 2. The Bertz CT molecular complexity index is 689. The van der Waals surface area contributed by atoms with Crippen LogP contribution in [0.5, 0.6) is 0 Å². The molecular formula is C11H14N4O3S. The Kier molecular flexibility index (Phi) is 3.21. The molecule has 0 bridgehead atoms. The predicted octanol–water partition coefficient (Wildman–Crippen LogP) is 0.943. The summed E-state index contributed by atoms with van der Waals surface area (Å²) in [6.45, 7) is 3.04. The quantitative estimate of drug-likeness (QED) is 0.492. The number of nitrogens with two attached hydrogens (primary N) is 2. The highest BCUT2D eigenvalue weighted by Gasteiger charge is 2.30. The van der Waals surface area contributed by atoms with Crippen LogP contribution in [-0.4, -0.2) is 13.6 Å². The lowest BCUT2D eigenvalue weighted by Gasteiger charge is -2.19. The van der Waals surface area contributed by atoms with Crippen LogP contribution in [0, 0.1) is 13.8 Å². The molecular weight excluding hydrogens is 268 g/mol. The van der Waals surface area contributed by atoms with Gasteiger partial charge in [-0.3, -0.25) is 0 Å². The molecule has 7 nitrogen and oxygen atoms in total. The Morgan fingerprint density at radius 2 is 1.89 bits per heavy atom. The Balaban J connectivity index is 2.55. The van der Waals surface area contributed by atoms with Gasteiger partial charge in [-0.1, -0.05) is 17.3 Å². The molecule has 1 aromatic heterocycles. The van der Waals surface area contributed by atoms with Gasteiger partial charge in [-0.25, -0.2) is 5.84 Å². The number of sulfonamides is 1. The van der Waals surface area contributed by atoms with E-state index in [9.17, 15) is 8.42 Å². The van der Waals surface area contributed by atoms with Crippen LogP contribution in [0.2, 0.25) is 0 Å². The van der Waals surface area contributed by atoms with Crippen molar-refractivity contribution >= 4 is 21.4 Å². The fourth-order valence-corrected chi connectivity index (χ4v) is 3.19. The van der Waals surface area contributed by atoms with Gasteiger partial charge in [0, 0.05) is 0 Å². The molecule has 1 heterocycles. The maximum Gasteiger partial charge on any atom is 0.283 e. The van der Waals surface area contributed by atoms with Gasteiger partial charge >= 0.3 is 0 Å². The summed E-state index contributed by atoms with van der Waals surface area (Å²) >= 11 is 0. The average molecular weight is 282 g/mol. The second-order valence-electron chi connectivity index (χ2n) is 4.01. The van der Waals surface area contributed by atoms with Crippen LogP contribution in [0.3, 0.4) is 0 Å². The van der Waals surface area contributed by atoms with Crippen molar-refractivity contribution in [2.75, 3.05) is 10.1 Å². The third-order valence-electron chi connectivity index (χ3n) is 2.66. The van der Waals surface area contributed by atoms with Gasteiger partial charge in [0.05, 0.1) is 11.4 Å². The minimum atomic E-state index is -3.96. The first kappa shape index (κ1) is 13.4. The van der Waals surface area contributed by atoms with Gasteiger partial charge in [-0.15, -0.1) is 0 Å². The number of rotatable bonds is 3. The standard InChI is InChI=1S/C11H14N4O3S/c1-7-11(8(2)18-14-7)19(16,17)15(13)10-6-4-3-5-9(10)12/h3-6H,12-13H2,1-2H3. The minimum Gasteiger partial charge on any atom is -0.397 e. The Labute approximate surface area is 110 Å². The number of nitrogens with zero attached hydrogens (tertiary/aromatic N) is 2. The van der Waals surface area contributed by atoms with Crippen LogP contribution < -0.4 is 16.0 Å². The van der Waals surface area contributed by atoms with Gasteiger partial charge in [0.2, 0.25) is 0 Å². The summed E-state index contributed by atoms with van der Waals surface area (Å²) in [5.74, 6) is 5.88. The van der Waals surface area contributed by atoms with E-state index in [1.807, 2.05) is 0 Å². The monoisotopic (exact) mass is 282 g/mol. The maximum absolute atomic E-state index is 12.4. The molecule has 2 aromatic rings. The predicted molar refractivity (Wildman–Crippen MR) is 70.7 cm³/mol. The topological polar surface area (TPSA) is 115 Å². The van der Waals surface area contributed by atoms with Crippen molar-refractivity contribution in [2.45, 2.75) is 18.7 Å². The second-order valence-corrected chi connectivity index (χ2v) is 5.76. The smallest absolute Gasteiger partial charge is 0.283 e. The zero-order valence-corrected chi connectivity index (χ0v) is 11.3. The van der Waals surface area contributed by atoms with Gasteiger partial charge in [0.25, 0.3) is 10.0 Å². The SMILES string of the molecule is Cc1noc(C)c1S(=O)(=O)N(N)c1ccccc1N. The molecule has 0 unspecified atom stereocenters. The molecule has 0 atom stereocenters. The summed E-state index contributed by atoms with van der Waals surface area (Å²) in [5.41, 5.74) is 6.44. The number of para-hydroxylation sites is 2. The van der Waals surface area contributed by atoms with E-state index in [0.29, 0.717) is 4.41 Å². The normalized spacial score (nSPS) is 11.5. The lowest BCUT2D eigenvalue weighted by molar-refractivity contribution is 0.390. The zero-order valence-electron chi connectivity index (χ0n) is 10.5. The average Bonchev–Trinajstić information content (AvgIpc) is 2.69. The Morgan fingerprint density at radius 3 is 2.42 bits per heavy atom. The van der Waals surface area contributed by atoms with E-state index in [1.54, 1.807) is 18.2 Å². The molecule has 102 valence electrons. The zero-order chi connectivity index (χ0) is 14.2. The van der Waals surface area contributed by atoms with Crippen molar-refractivity contribution in [3.63, 3.8) is 0 Å². The van der Waals surface area contributed by atoms with Crippen LogP contribution >= 0.6 is 0 Å². The van der Waals surface area contributed by atoms with Gasteiger partial charge in [-0.05, 0) is 26.0 Å². The van der Waals surface area contributed by atoms with Gasteiger partial charge in [0.1, 0.15) is 5.69 Å². The van der Waals surface area contributed by atoms with E-state index >= 15 is 0 Å². The number of hydrazine groups is 1. The summed E-state index contributed by atoms with van der Waals surface area (Å²) in [6.07, 6.45) is 0. The van der Waals surface area contributed by atoms with E-state index in [-0.39, 0.29) is 27.7 Å². The van der Waals surface area contributed by atoms with Crippen LogP contribution in [0.4, 0.5) is 11.4 Å². The molecule has 2 rings (SSSR count). The molecule has 8 heteroatoms.